The highest BCUT2D eigenvalue weighted by atomic mass is 16.6. The maximum Gasteiger partial charge on any atom is 0.125 e. The lowest BCUT2D eigenvalue weighted by Gasteiger charge is -2.23. The fourth-order valence-electron chi connectivity index (χ4n) is 3.88. The van der Waals surface area contributed by atoms with Crippen LogP contribution in [0.3, 0.4) is 0 Å². The minimum atomic E-state index is -0.231. The number of aromatic nitrogens is 3. The van der Waals surface area contributed by atoms with Gasteiger partial charge in [0.2, 0.25) is 0 Å². The molecule has 7 nitrogen and oxygen atoms in total. The molecule has 0 atom stereocenters. The minimum Gasteiger partial charge on any atom is -0.395 e. The van der Waals surface area contributed by atoms with Gasteiger partial charge in [-0.25, -0.2) is 9.97 Å². The zero-order chi connectivity index (χ0) is 21.8. The van der Waals surface area contributed by atoms with Crippen LogP contribution >= 0.6 is 0 Å². The van der Waals surface area contributed by atoms with Gasteiger partial charge < -0.3 is 9.68 Å². The standard InChI is InChI=1S/C24H31N5O2/c1-16-11-12-18-7-5-9-20(22(18)26-16)28-30-14-24(3,4)15-31-29-21-10-6-8-19-13-25-17(2)27-23(19)21/h11-13H,5-10,14-15H2,1-4H3/b28-20+,29-21+. The molecule has 0 bridgehead atoms. The van der Waals surface area contributed by atoms with Gasteiger partial charge in [0, 0.05) is 17.3 Å². The molecular weight excluding hydrogens is 390 g/mol. The van der Waals surface area contributed by atoms with E-state index in [-0.39, 0.29) is 5.41 Å². The predicted molar refractivity (Wildman–Crippen MR) is 120 cm³/mol. The highest BCUT2D eigenvalue weighted by Gasteiger charge is 2.23. The van der Waals surface area contributed by atoms with Crippen molar-refractivity contribution in [1.82, 2.24) is 15.0 Å². The molecule has 2 aliphatic rings. The van der Waals surface area contributed by atoms with Gasteiger partial charge in [-0.3, -0.25) is 4.98 Å². The molecule has 0 spiro atoms. The molecule has 0 saturated heterocycles. The van der Waals surface area contributed by atoms with Crippen molar-refractivity contribution in [1.29, 1.82) is 0 Å². The van der Waals surface area contributed by atoms with Gasteiger partial charge in [-0.05, 0) is 69.6 Å². The van der Waals surface area contributed by atoms with Gasteiger partial charge in [0.05, 0.1) is 11.4 Å². The number of pyridine rings is 1. The molecule has 0 aliphatic heterocycles. The Morgan fingerprint density at radius 1 is 0.839 bits per heavy atom. The van der Waals surface area contributed by atoms with E-state index in [0.29, 0.717) is 13.2 Å². The van der Waals surface area contributed by atoms with Crippen LogP contribution in [-0.4, -0.2) is 39.6 Å². The summed E-state index contributed by atoms with van der Waals surface area (Å²) in [5.74, 6) is 0.759. The lowest BCUT2D eigenvalue weighted by atomic mass is 9.94. The van der Waals surface area contributed by atoms with Crippen LogP contribution in [0.15, 0.2) is 28.6 Å². The maximum atomic E-state index is 5.75. The van der Waals surface area contributed by atoms with Crippen LogP contribution in [0.25, 0.3) is 0 Å². The van der Waals surface area contributed by atoms with Crippen LogP contribution in [0.2, 0.25) is 0 Å². The molecule has 0 amide bonds. The Hall–Kier alpha value is -2.83. The Morgan fingerprint density at radius 2 is 1.45 bits per heavy atom. The number of rotatable bonds is 6. The van der Waals surface area contributed by atoms with Crippen molar-refractivity contribution >= 4 is 11.4 Å². The predicted octanol–water partition coefficient (Wildman–Crippen LogP) is 4.33. The Bertz CT molecular complexity index is 934. The number of hydrogen-bond donors (Lipinski definition) is 0. The average molecular weight is 422 g/mol. The normalized spacial score (nSPS) is 18.6. The van der Waals surface area contributed by atoms with Crippen LogP contribution in [0, 0.1) is 19.3 Å². The molecule has 0 aromatic carbocycles. The average Bonchev–Trinajstić information content (AvgIpc) is 2.74. The van der Waals surface area contributed by atoms with Crippen LogP contribution in [0.5, 0.6) is 0 Å². The lowest BCUT2D eigenvalue weighted by Crippen LogP contribution is -2.25. The number of hydrogen-bond acceptors (Lipinski definition) is 7. The van der Waals surface area contributed by atoms with E-state index in [1.807, 2.05) is 20.0 Å². The molecule has 4 rings (SSSR count). The van der Waals surface area contributed by atoms with Crippen molar-refractivity contribution in [3.63, 3.8) is 0 Å². The second-order valence-corrected chi connectivity index (χ2v) is 9.25. The summed E-state index contributed by atoms with van der Waals surface area (Å²) in [5.41, 5.74) is 6.94. The van der Waals surface area contributed by atoms with Crippen molar-refractivity contribution in [2.24, 2.45) is 15.7 Å². The highest BCUT2D eigenvalue weighted by molar-refractivity contribution is 6.01. The van der Waals surface area contributed by atoms with E-state index < -0.39 is 0 Å². The Labute approximate surface area is 184 Å². The third kappa shape index (κ3) is 5.27. The van der Waals surface area contributed by atoms with Gasteiger partial charge in [0.25, 0.3) is 0 Å². The molecular formula is C24H31N5O2. The van der Waals surface area contributed by atoms with Crippen LogP contribution in [-0.2, 0) is 22.5 Å². The minimum absolute atomic E-state index is 0.231. The van der Waals surface area contributed by atoms with Crippen LogP contribution in [0.4, 0.5) is 0 Å². The summed E-state index contributed by atoms with van der Waals surface area (Å²) in [6.45, 7) is 8.97. The van der Waals surface area contributed by atoms with Crippen molar-refractivity contribution in [3.8, 4) is 0 Å². The zero-order valence-corrected chi connectivity index (χ0v) is 18.9. The van der Waals surface area contributed by atoms with Crippen LogP contribution < -0.4 is 0 Å². The van der Waals surface area contributed by atoms with Gasteiger partial charge in [0.1, 0.15) is 30.5 Å². The third-order valence-corrected chi connectivity index (χ3v) is 5.63. The van der Waals surface area contributed by atoms with Crippen molar-refractivity contribution in [2.45, 2.75) is 66.2 Å². The first-order valence-corrected chi connectivity index (χ1v) is 11.1. The highest BCUT2D eigenvalue weighted by Crippen LogP contribution is 2.23. The van der Waals surface area contributed by atoms with E-state index in [1.165, 1.54) is 5.56 Å². The summed E-state index contributed by atoms with van der Waals surface area (Å²) in [4.78, 5) is 25.0. The quantitative estimate of drug-likeness (QED) is 0.649. The largest absolute Gasteiger partial charge is 0.395 e. The van der Waals surface area contributed by atoms with E-state index in [4.69, 9.17) is 9.68 Å². The SMILES string of the molecule is Cc1ccc2c(n1)/C(=N/OCC(C)(C)CO/N=C1\CCCc3cnc(C)nc31)CCC2. The number of oxime groups is 2. The molecule has 164 valence electrons. The first kappa shape index (κ1) is 21.4. The lowest BCUT2D eigenvalue weighted by molar-refractivity contribution is -0.000312. The molecule has 0 fully saturated rings. The molecule has 31 heavy (non-hydrogen) atoms. The summed E-state index contributed by atoms with van der Waals surface area (Å²) < 4.78 is 0. The van der Waals surface area contributed by atoms with Gasteiger partial charge in [0.15, 0.2) is 0 Å². The van der Waals surface area contributed by atoms with E-state index >= 15 is 0 Å². The Kier molecular flexibility index (Phi) is 6.30. The molecule has 2 heterocycles. The first-order valence-electron chi connectivity index (χ1n) is 11.1. The molecule has 7 heteroatoms. The van der Waals surface area contributed by atoms with Gasteiger partial charge in [-0.1, -0.05) is 30.2 Å². The van der Waals surface area contributed by atoms with Crippen LogP contribution in [0.1, 0.15) is 73.6 Å². The summed E-state index contributed by atoms with van der Waals surface area (Å²) in [5, 5.41) is 8.85. The second kappa shape index (κ2) is 9.12. The van der Waals surface area contributed by atoms with Gasteiger partial charge >= 0.3 is 0 Å². The van der Waals surface area contributed by atoms with E-state index in [1.54, 1.807) is 0 Å². The topological polar surface area (TPSA) is 81.9 Å². The molecule has 0 unspecified atom stereocenters. The van der Waals surface area contributed by atoms with E-state index in [9.17, 15) is 0 Å². The first-order chi connectivity index (χ1) is 14.9. The Morgan fingerprint density at radius 3 is 2.13 bits per heavy atom. The van der Waals surface area contributed by atoms with E-state index in [0.717, 1.165) is 78.4 Å². The van der Waals surface area contributed by atoms with Crippen molar-refractivity contribution in [2.75, 3.05) is 13.2 Å². The number of aryl methyl sites for hydroxylation is 4. The van der Waals surface area contributed by atoms with Gasteiger partial charge in [-0.15, -0.1) is 0 Å². The zero-order valence-electron chi connectivity index (χ0n) is 18.9. The fraction of sp³-hybridized carbons (Fsp3) is 0.542. The Balaban J connectivity index is 1.35. The smallest absolute Gasteiger partial charge is 0.125 e. The number of fused-ring (bicyclic) bond motifs is 2. The molecule has 2 aromatic rings. The third-order valence-electron chi connectivity index (χ3n) is 5.63. The number of nitrogens with zero attached hydrogens (tertiary/aromatic N) is 5. The summed E-state index contributed by atoms with van der Waals surface area (Å²) >= 11 is 0. The van der Waals surface area contributed by atoms with E-state index in [2.05, 4.69) is 51.2 Å². The van der Waals surface area contributed by atoms with Crippen molar-refractivity contribution < 1.29 is 9.68 Å². The fourth-order valence-corrected chi connectivity index (χ4v) is 3.88. The molecule has 2 aliphatic carbocycles. The maximum absolute atomic E-state index is 5.75. The second-order valence-electron chi connectivity index (χ2n) is 9.25. The molecule has 0 N–H and O–H groups in total. The monoisotopic (exact) mass is 421 g/mol. The molecule has 2 aromatic heterocycles. The summed E-state index contributed by atoms with van der Waals surface area (Å²) in [6, 6.07) is 4.21. The molecule has 0 radical (unpaired) electrons. The molecule has 0 saturated carbocycles. The summed E-state index contributed by atoms with van der Waals surface area (Å²) in [7, 11) is 0. The summed E-state index contributed by atoms with van der Waals surface area (Å²) in [6.07, 6.45) is 7.84. The van der Waals surface area contributed by atoms with Crippen molar-refractivity contribution in [3.05, 3.63) is 52.4 Å². The van der Waals surface area contributed by atoms with Gasteiger partial charge in [-0.2, -0.15) is 0 Å².